The number of piperidine rings is 1. The Morgan fingerprint density at radius 2 is 1.83 bits per heavy atom. The number of hydrogen-bond acceptors (Lipinski definition) is 6. The molecule has 2 aromatic heterocycles. The van der Waals surface area contributed by atoms with Crippen molar-refractivity contribution in [1.29, 1.82) is 0 Å². The monoisotopic (exact) mass is 563 g/mol. The van der Waals surface area contributed by atoms with Crippen molar-refractivity contribution in [3.05, 3.63) is 88.2 Å². The molecule has 0 radical (unpaired) electrons. The fourth-order valence-corrected chi connectivity index (χ4v) is 5.15. The Morgan fingerprint density at radius 1 is 1.10 bits per heavy atom. The van der Waals surface area contributed by atoms with Crippen molar-refractivity contribution in [2.24, 2.45) is 5.92 Å². The lowest BCUT2D eigenvalue weighted by Crippen LogP contribution is -2.32. The Morgan fingerprint density at radius 3 is 2.49 bits per heavy atom. The number of H-pyrrole nitrogens is 1. The summed E-state index contributed by atoms with van der Waals surface area (Å²) in [6, 6.07) is 9.01. The third-order valence-electron chi connectivity index (χ3n) is 7.51. The highest BCUT2D eigenvalue weighted by Gasteiger charge is 2.20. The number of aryl methyl sites for hydroxylation is 2. The average molecular weight is 564 g/mol. The molecule has 0 atom stereocenters. The van der Waals surface area contributed by atoms with Crippen molar-refractivity contribution in [3.63, 3.8) is 0 Å². The number of anilines is 2. The number of halogens is 2. The van der Waals surface area contributed by atoms with E-state index in [-0.39, 0.29) is 0 Å². The smallest absolute Gasteiger partial charge is 0.408 e. The van der Waals surface area contributed by atoms with Gasteiger partial charge in [-0.1, -0.05) is 52.7 Å². The molecule has 2 N–H and O–H groups in total. The lowest BCUT2D eigenvalue weighted by Gasteiger charge is -2.35. The Bertz CT molecular complexity index is 1500. The number of aromatic nitrogens is 3. The van der Waals surface area contributed by atoms with Gasteiger partial charge in [-0.05, 0) is 61.4 Å². The minimum Gasteiger partial charge on any atom is -0.408 e. The summed E-state index contributed by atoms with van der Waals surface area (Å²) in [6.45, 7) is 12.7. The second kappa shape index (κ2) is 14.1. The SMILES string of the molecule is C=C(c1ccc2[nH]c(=O)oc2c1)N1CCC(CCCC)CC1.CCc1cnc(Nc2cc(F)cc(F)c2)nc1CC. The number of rotatable bonds is 9. The fourth-order valence-electron chi connectivity index (χ4n) is 5.15. The molecule has 0 aliphatic carbocycles. The first-order valence-corrected chi connectivity index (χ1v) is 14.4. The van der Waals surface area contributed by atoms with E-state index in [0.717, 1.165) is 66.0 Å². The first kappa shape index (κ1) is 30.0. The number of benzene rings is 2. The van der Waals surface area contributed by atoms with E-state index in [1.54, 1.807) is 6.20 Å². The molecule has 0 bridgehead atoms. The van der Waals surface area contributed by atoms with E-state index in [2.05, 4.69) is 38.7 Å². The number of oxazole rings is 1. The molecule has 2 aromatic carbocycles. The van der Waals surface area contributed by atoms with Crippen LogP contribution in [-0.2, 0) is 12.8 Å². The van der Waals surface area contributed by atoms with Crippen LogP contribution in [-0.4, -0.2) is 32.9 Å². The summed E-state index contributed by atoms with van der Waals surface area (Å²) in [5.41, 5.74) is 5.71. The van der Waals surface area contributed by atoms with Crippen LogP contribution in [0.1, 0.15) is 69.7 Å². The molecular formula is C32H39F2N5O2. The minimum atomic E-state index is -0.636. The molecule has 9 heteroatoms. The predicted molar refractivity (Wildman–Crippen MR) is 160 cm³/mol. The maximum Gasteiger partial charge on any atom is 0.417 e. The summed E-state index contributed by atoms with van der Waals surface area (Å²) in [6.07, 6.45) is 9.88. The van der Waals surface area contributed by atoms with Gasteiger partial charge in [0, 0.05) is 48.0 Å². The number of fused-ring (bicyclic) bond motifs is 1. The lowest BCUT2D eigenvalue weighted by molar-refractivity contribution is 0.243. The third kappa shape index (κ3) is 8.02. The van der Waals surface area contributed by atoms with Gasteiger partial charge in [-0.25, -0.2) is 23.5 Å². The van der Waals surface area contributed by atoms with Crippen LogP contribution in [0.15, 0.2) is 58.4 Å². The number of nitrogens with zero attached hydrogens (tertiary/aromatic N) is 3. The van der Waals surface area contributed by atoms with Gasteiger partial charge in [-0.3, -0.25) is 4.98 Å². The molecular weight excluding hydrogens is 524 g/mol. The van der Waals surface area contributed by atoms with Crippen LogP contribution in [0.3, 0.4) is 0 Å². The number of nitrogens with one attached hydrogen (secondary N) is 2. The highest BCUT2D eigenvalue weighted by molar-refractivity contribution is 5.78. The lowest BCUT2D eigenvalue weighted by atomic mass is 9.91. The maximum absolute atomic E-state index is 13.1. The topological polar surface area (TPSA) is 87.0 Å². The van der Waals surface area contributed by atoms with Crippen LogP contribution in [0.4, 0.5) is 20.4 Å². The highest BCUT2D eigenvalue weighted by atomic mass is 19.1. The van der Waals surface area contributed by atoms with Gasteiger partial charge < -0.3 is 14.6 Å². The Kier molecular flexibility index (Phi) is 10.3. The van der Waals surface area contributed by atoms with E-state index in [0.29, 0.717) is 17.2 Å². The molecule has 5 rings (SSSR count). The molecule has 0 spiro atoms. The summed E-state index contributed by atoms with van der Waals surface area (Å²) in [4.78, 5) is 24.8. The fraction of sp³-hybridized carbons (Fsp3) is 0.406. The molecule has 1 aliphatic heterocycles. The first-order chi connectivity index (χ1) is 19.8. The zero-order chi connectivity index (χ0) is 29.4. The number of likely N-dealkylation sites (tertiary alicyclic amines) is 1. The van der Waals surface area contributed by atoms with Crippen molar-refractivity contribution in [2.45, 2.75) is 65.7 Å². The van der Waals surface area contributed by atoms with Gasteiger partial charge in [0.25, 0.3) is 0 Å². The van der Waals surface area contributed by atoms with Crippen molar-refractivity contribution in [2.75, 3.05) is 18.4 Å². The average Bonchev–Trinajstić information content (AvgIpc) is 3.35. The Hall–Kier alpha value is -4.01. The number of hydrogen-bond donors (Lipinski definition) is 2. The second-order valence-corrected chi connectivity index (χ2v) is 10.4. The van der Waals surface area contributed by atoms with Gasteiger partial charge in [-0.15, -0.1) is 0 Å². The van der Waals surface area contributed by atoms with E-state index < -0.39 is 17.4 Å². The molecule has 7 nitrogen and oxygen atoms in total. The molecule has 0 saturated carbocycles. The molecule has 0 amide bonds. The summed E-state index contributed by atoms with van der Waals surface area (Å²) >= 11 is 0. The molecule has 218 valence electrons. The summed E-state index contributed by atoms with van der Waals surface area (Å²) in [5.74, 6) is -0.463. The second-order valence-electron chi connectivity index (χ2n) is 10.4. The van der Waals surface area contributed by atoms with E-state index in [4.69, 9.17) is 4.42 Å². The van der Waals surface area contributed by atoms with Crippen molar-refractivity contribution < 1.29 is 13.2 Å². The Balaban J connectivity index is 0.000000191. The van der Waals surface area contributed by atoms with Gasteiger partial charge >= 0.3 is 5.76 Å². The van der Waals surface area contributed by atoms with Gasteiger partial charge in [-0.2, -0.15) is 0 Å². The van der Waals surface area contributed by atoms with E-state index in [1.807, 2.05) is 32.0 Å². The molecule has 1 saturated heterocycles. The van der Waals surface area contributed by atoms with Crippen LogP contribution >= 0.6 is 0 Å². The molecule has 3 heterocycles. The van der Waals surface area contributed by atoms with Crippen LogP contribution in [0, 0.1) is 17.6 Å². The van der Waals surface area contributed by atoms with Crippen molar-refractivity contribution in [3.8, 4) is 0 Å². The zero-order valence-electron chi connectivity index (χ0n) is 24.1. The van der Waals surface area contributed by atoms with E-state index in [1.165, 1.54) is 44.2 Å². The van der Waals surface area contributed by atoms with Crippen molar-refractivity contribution >= 4 is 28.4 Å². The normalized spacial score (nSPS) is 13.6. The summed E-state index contributed by atoms with van der Waals surface area (Å²) in [7, 11) is 0. The van der Waals surface area contributed by atoms with Crippen LogP contribution in [0.2, 0.25) is 0 Å². The number of aromatic amines is 1. The zero-order valence-corrected chi connectivity index (χ0v) is 24.1. The van der Waals surface area contributed by atoms with Gasteiger partial charge in [0.1, 0.15) is 11.6 Å². The van der Waals surface area contributed by atoms with Gasteiger partial charge in [0.15, 0.2) is 5.58 Å². The number of unbranched alkanes of at least 4 members (excludes halogenated alkanes) is 1. The van der Waals surface area contributed by atoms with Crippen LogP contribution in [0.5, 0.6) is 0 Å². The summed E-state index contributed by atoms with van der Waals surface area (Å²) in [5, 5.41) is 2.81. The highest BCUT2D eigenvalue weighted by Crippen LogP contribution is 2.28. The molecule has 41 heavy (non-hydrogen) atoms. The molecule has 1 aliphatic rings. The van der Waals surface area contributed by atoms with E-state index >= 15 is 0 Å². The standard InChI is InChI=1S/C18H24N2O2.C14H15F2N3/c1-3-4-5-14-8-10-20(11-9-14)13(2)15-6-7-16-17(12-15)22-18(21)19-16;1-3-9-8-17-14(19-13(9)4-2)18-12-6-10(15)5-11(16)7-12/h6-7,12,14H,2-5,8-11H2,1H3,(H,19,21);5-8H,3-4H2,1-2H3,(H,17,18,19). The van der Waals surface area contributed by atoms with Gasteiger partial charge in [0.05, 0.1) is 5.52 Å². The van der Waals surface area contributed by atoms with Gasteiger partial charge in [0.2, 0.25) is 5.95 Å². The van der Waals surface area contributed by atoms with Crippen LogP contribution in [0.25, 0.3) is 16.8 Å². The maximum atomic E-state index is 13.1. The molecule has 4 aromatic rings. The van der Waals surface area contributed by atoms with Crippen LogP contribution < -0.4 is 11.1 Å². The molecule has 1 fully saturated rings. The van der Waals surface area contributed by atoms with Crippen molar-refractivity contribution in [1.82, 2.24) is 19.9 Å². The Labute approximate surface area is 239 Å². The largest absolute Gasteiger partial charge is 0.417 e. The molecule has 0 unspecified atom stereocenters. The quantitative estimate of drug-likeness (QED) is 0.218. The third-order valence-corrected chi connectivity index (χ3v) is 7.51. The minimum absolute atomic E-state index is 0.295. The first-order valence-electron chi connectivity index (χ1n) is 14.4. The summed E-state index contributed by atoms with van der Waals surface area (Å²) < 4.78 is 31.3. The predicted octanol–water partition coefficient (Wildman–Crippen LogP) is 7.62. The van der Waals surface area contributed by atoms with E-state index in [9.17, 15) is 13.6 Å².